The van der Waals surface area contributed by atoms with E-state index >= 15 is 0 Å². The lowest BCUT2D eigenvalue weighted by molar-refractivity contribution is 0.143. The number of aromatic hydroxyl groups is 1. The van der Waals surface area contributed by atoms with Crippen LogP contribution < -0.4 is 4.74 Å². The first-order valence-corrected chi connectivity index (χ1v) is 7.34. The Balaban J connectivity index is 3.15. The van der Waals surface area contributed by atoms with Gasteiger partial charge in [0, 0.05) is 5.56 Å². The van der Waals surface area contributed by atoms with Gasteiger partial charge in [-0.1, -0.05) is 51.3 Å². The number of alkyl halides is 2. The van der Waals surface area contributed by atoms with Crippen molar-refractivity contribution in [2.24, 2.45) is 0 Å². The van der Waals surface area contributed by atoms with E-state index < -0.39 is 6.16 Å². The number of carbonyl (C=O) groups is 1. The molecular formula is C12H14Br2O4. The molecule has 1 rings (SSSR count). The van der Waals surface area contributed by atoms with E-state index in [0.717, 1.165) is 24.8 Å². The van der Waals surface area contributed by atoms with E-state index in [2.05, 4.69) is 43.5 Å². The Morgan fingerprint density at radius 2 is 2.11 bits per heavy atom. The average molecular weight is 382 g/mol. The fraction of sp³-hybridized carbons (Fsp3) is 0.417. The molecule has 0 aliphatic heterocycles. The monoisotopic (exact) mass is 380 g/mol. The summed E-state index contributed by atoms with van der Waals surface area (Å²) in [5.74, 6) is -0.202. The van der Waals surface area contributed by atoms with Crippen molar-refractivity contribution in [2.45, 2.75) is 29.9 Å². The third-order valence-corrected chi connectivity index (χ3v) is 3.40. The number of unbranched alkanes of at least 4 members (excludes halogenated alkanes) is 1. The molecule has 0 unspecified atom stereocenters. The molecule has 0 saturated carbocycles. The van der Waals surface area contributed by atoms with Gasteiger partial charge in [-0.2, -0.15) is 0 Å². The van der Waals surface area contributed by atoms with Crippen LogP contribution in [0.4, 0.5) is 4.79 Å². The van der Waals surface area contributed by atoms with Crippen LogP contribution in [-0.4, -0.2) is 16.4 Å². The number of carboxylic acid groups (broad SMARTS) is 1. The molecule has 0 atom stereocenters. The van der Waals surface area contributed by atoms with Crippen molar-refractivity contribution in [2.75, 3.05) is 0 Å². The highest BCUT2D eigenvalue weighted by molar-refractivity contribution is 9.24. The fourth-order valence-corrected chi connectivity index (χ4v) is 2.66. The van der Waals surface area contributed by atoms with Crippen molar-refractivity contribution in [3.05, 3.63) is 23.3 Å². The number of aryl methyl sites for hydroxylation is 1. The number of rotatable bonds is 5. The molecule has 0 spiro atoms. The first-order valence-electron chi connectivity index (χ1n) is 5.51. The van der Waals surface area contributed by atoms with Gasteiger partial charge in [0.15, 0.2) is 11.5 Å². The molecule has 0 fully saturated rings. The molecule has 0 heterocycles. The van der Waals surface area contributed by atoms with Crippen molar-refractivity contribution in [1.29, 1.82) is 0 Å². The molecule has 0 aliphatic rings. The topological polar surface area (TPSA) is 66.8 Å². The number of ether oxygens (including phenoxy) is 1. The van der Waals surface area contributed by atoms with E-state index in [4.69, 9.17) is 5.11 Å². The smallest absolute Gasteiger partial charge is 0.504 e. The third-order valence-electron chi connectivity index (χ3n) is 2.49. The van der Waals surface area contributed by atoms with Crippen LogP contribution >= 0.6 is 31.9 Å². The summed E-state index contributed by atoms with van der Waals surface area (Å²) < 4.78 is 4.26. The molecule has 0 aromatic heterocycles. The molecule has 0 amide bonds. The normalized spacial score (nSPS) is 10.7. The van der Waals surface area contributed by atoms with Crippen molar-refractivity contribution in [3.8, 4) is 11.5 Å². The van der Waals surface area contributed by atoms with E-state index in [0.29, 0.717) is 5.56 Å². The van der Waals surface area contributed by atoms with Crippen molar-refractivity contribution >= 4 is 38.0 Å². The maximum atomic E-state index is 10.5. The van der Waals surface area contributed by atoms with Crippen molar-refractivity contribution in [3.63, 3.8) is 0 Å². The summed E-state index contributed by atoms with van der Waals surface area (Å²) in [5.41, 5.74) is 1.58. The number of phenols is 1. The molecule has 0 saturated heterocycles. The lowest BCUT2D eigenvalue weighted by Gasteiger charge is -2.15. The van der Waals surface area contributed by atoms with Gasteiger partial charge in [0.25, 0.3) is 0 Å². The van der Waals surface area contributed by atoms with E-state index in [-0.39, 0.29) is 15.2 Å². The van der Waals surface area contributed by atoms with Crippen LogP contribution in [0.5, 0.6) is 11.5 Å². The van der Waals surface area contributed by atoms with Crippen LogP contribution in [-0.2, 0) is 6.42 Å². The summed E-state index contributed by atoms with van der Waals surface area (Å²) in [4.78, 5) is 10.5. The summed E-state index contributed by atoms with van der Waals surface area (Å²) in [7, 11) is 0. The molecular weight excluding hydrogens is 368 g/mol. The Bertz CT molecular complexity index is 432. The standard InChI is InChI=1S/C12H14Br2O4/c1-2-3-4-7-5-6-8(18-12(16)17)10(15)9(7)11(13)14/h5-6,11,15H,2-4H2,1H3,(H,16,17). The quantitative estimate of drug-likeness (QED) is 0.445. The molecule has 0 aliphatic carbocycles. The zero-order valence-electron chi connectivity index (χ0n) is 9.82. The van der Waals surface area contributed by atoms with Gasteiger partial charge in [-0.15, -0.1) is 0 Å². The Morgan fingerprint density at radius 3 is 2.61 bits per heavy atom. The molecule has 4 nitrogen and oxygen atoms in total. The second-order valence-electron chi connectivity index (χ2n) is 3.76. The highest BCUT2D eigenvalue weighted by Gasteiger charge is 2.19. The zero-order valence-corrected chi connectivity index (χ0v) is 13.0. The Morgan fingerprint density at radius 1 is 1.44 bits per heavy atom. The Kier molecular flexibility index (Phi) is 5.95. The van der Waals surface area contributed by atoms with Gasteiger partial charge in [0.1, 0.15) is 0 Å². The van der Waals surface area contributed by atoms with Crippen LogP contribution in [0.15, 0.2) is 12.1 Å². The molecule has 18 heavy (non-hydrogen) atoms. The van der Waals surface area contributed by atoms with Crippen molar-refractivity contribution in [1.82, 2.24) is 0 Å². The summed E-state index contributed by atoms with van der Waals surface area (Å²) in [6.45, 7) is 2.08. The summed E-state index contributed by atoms with van der Waals surface area (Å²) in [5, 5.41) is 18.6. The fourth-order valence-electron chi connectivity index (χ4n) is 1.63. The van der Waals surface area contributed by atoms with Gasteiger partial charge in [-0.3, -0.25) is 0 Å². The van der Waals surface area contributed by atoms with E-state index in [1.165, 1.54) is 6.07 Å². The van der Waals surface area contributed by atoms with E-state index in [1.807, 2.05) is 0 Å². The molecule has 1 aromatic rings. The summed E-state index contributed by atoms with van der Waals surface area (Å²) in [6.07, 6.45) is 1.42. The first kappa shape index (κ1) is 15.3. The SMILES string of the molecule is CCCCc1ccc(OC(=O)O)c(O)c1C(Br)Br. The van der Waals surface area contributed by atoms with Crippen LogP contribution in [0.1, 0.15) is 34.6 Å². The maximum Gasteiger partial charge on any atom is 0.511 e. The lowest BCUT2D eigenvalue weighted by atomic mass is 10.0. The van der Waals surface area contributed by atoms with Crippen LogP contribution in [0.3, 0.4) is 0 Å². The minimum absolute atomic E-state index is 0.0540. The highest BCUT2D eigenvalue weighted by atomic mass is 79.9. The van der Waals surface area contributed by atoms with Gasteiger partial charge in [0.2, 0.25) is 0 Å². The number of halogens is 2. The minimum atomic E-state index is -1.45. The summed E-state index contributed by atoms with van der Waals surface area (Å²) >= 11 is 6.66. The third kappa shape index (κ3) is 3.88. The molecule has 2 N–H and O–H groups in total. The first-order chi connectivity index (χ1) is 8.47. The maximum absolute atomic E-state index is 10.5. The van der Waals surface area contributed by atoms with E-state index in [9.17, 15) is 9.90 Å². The van der Waals surface area contributed by atoms with Crippen LogP contribution in [0, 0.1) is 0 Å². The molecule has 0 radical (unpaired) electrons. The average Bonchev–Trinajstić information content (AvgIpc) is 2.28. The molecule has 6 heteroatoms. The van der Waals surface area contributed by atoms with Crippen LogP contribution in [0.2, 0.25) is 0 Å². The Labute approximate surface area is 122 Å². The predicted molar refractivity (Wildman–Crippen MR) is 76.0 cm³/mol. The Hall–Kier alpha value is -0.750. The van der Waals surface area contributed by atoms with Gasteiger partial charge in [0.05, 0.1) is 3.74 Å². The molecule has 1 aromatic carbocycles. The number of hydrogen-bond acceptors (Lipinski definition) is 3. The number of hydrogen-bond donors (Lipinski definition) is 2. The zero-order chi connectivity index (χ0) is 13.7. The van der Waals surface area contributed by atoms with Gasteiger partial charge in [-0.05, 0) is 24.5 Å². The summed E-state index contributed by atoms with van der Waals surface area (Å²) in [6, 6.07) is 3.25. The van der Waals surface area contributed by atoms with Gasteiger partial charge in [-0.25, -0.2) is 4.79 Å². The second-order valence-corrected chi connectivity index (χ2v) is 6.82. The largest absolute Gasteiger partial charge is 0.511 e. The minimum Gasteiger partial charge on any atom is -0.504 e. The lowest BCUT2D eigenvalue weighted by Crippen LogP contribution is -2.05. The van der Waals surface area contributed by atoms with E-state index in [1.54, 1.807) is 6.07 Å². The van der Waals surface area contributed by atoms with Gasteiger partial charge < -0.3 is 14.9 Å². The molecule has 0 bridgehead atoms. The second kappa shape index (κ2) is 6.99. The number of benzene rings is 1. The highest BCUT2D eigenvalue weighted by Crippen LogP contribution is 2.43. The van der Waals surface area contributed by atoms with Crippen molar-refractivity contribution < 1.29 is 19.7 Å². The predicted octanol–water partition coefficient (Wildman–Crippen LogP) is 4.58. The van der Waals surface area contributed by atoms with Crippen LogP contribution in [0.25, 0.3) is 0 Å². The molecule has 100 valence electrons. The number of phenolic OH excluding ortho intramolecular Hbond substituents is 1. The van der Waals surface area contributed by atoms with Gasteiger partial charge >= 0.3 is 6.16 Å².